The van der Waals surface area contributed by atoms with Gasteiger partial charge in [0, 0.05) is 28.4 Å². The van der Waals surface area contributed by atoms with E-state index < -0.39 is 11.8 Å². The predicted octanol–water partition coefficient (Wildman–Crippen LogP) is 4.42. The number of rotatable bonds is 5. The minimum Gasteiger partial charge on any atom is -0.337 e. The quantitative estimate of drug-likeness (QED) is 0.244. The molecule has 0 saturated carbocycles. The van der Waals surface area contributed by atoms with E-state index in [9.17, 15) is 14.4 Å². The summed E-state index contributed by atoms with van der Waals surface area (Å²) in [6.07, 6.45) is 3.33. The molecule has 36 heavy (non-hydrogen) atoms. The van der Waals surface area contributed by atoms with Crippen molar-refractivity contribution in [3.8, 4) is 0 Å². The summed E-state index contributed by atoms with van der Waals surface area (Å²) < 4.78 is 1.80. The molecule has 0 bridgehead atoms. The van der Waals surface area contributed by atoms with Crippen LogP contribution in [0, 0.1) is 6.92 Å². The Morgan fingerprint density at radius 2 is 1.67 bits per heavy atom. The van der Waals surface area contributed by atoms with Crippen LogP contribution in [0.5, 0.6) is 0 Å². The van der Waals surface area contributed by atoms with Crippen LogP contribution in [0.15, 0.2) is 90.6 Å². The van der Waals surface area contributed by atoms with E-state index in [0.717, 1.165) is 16.5 Å². The molecule has 1 aliphatic rings. The van der Waals surface area contributed by atoms with Gasteiger partial charge in [0.05, 0.1) is 5.69 Å². The van der Waals surface area contributed by atoms with Crippen LogP contribution in [0.4, 0.5) is 11.4 Å². The Hall–Kier alpha value is -4.56. The van der Waals surface area contributed by atoms with Crippen LogP contribution in [0.25, 0.3) is 17.0 Å². The topological polar surface area (TPSA) is 83.4 Å². The van der Waals surface area contributed by atoms with Crippen LogP contribution >= 0.6 is 12.2 Å². The van der Waals surface area contributed by atoms with Crippen molar-refractivity contribution in [2.45, 2.75) is 13.5 Å². The number of anilines is 2. The summed E-state index contributed by atoms with van der Waals surface area (Å²) in [6, 6.07) is 24.1. The molecule has 5 rings (SSSR count). The van der Waals surface area contributed by atoms with E-state index in [1.165, 1.54) is 4.90 Å². The molecule has 8 heteroatoms. The summed E-state index contributed by atoms with van der Waals surface area (Å²) >= 11 is 5.32. The SMILES string of the molecule is Cc1ccccc1N1C(=O)C(=Cc2cn(CC(=O)Nc3ccccc3)c3ccccc23)C(=O)NC1=S. The van der Waals surface area contributed by atoms with Crippen molar-refractivity contribution < 1.29 is 14.4 Å². The van der Waals surface area contributed by atoms with Gasteiger partial charge in [0.1, 0.15) is 12.1 Å². The normalized spacial score (nSPS) is 14.9. The van der Waals surface area contributed by atoms with E-state index in [1.54, 1.807) is 22.9 Å². The van der Waals surface area contributed by atoms with Crippen molar-refractivity contribution in [1.82, 2.24) is 9.88 Å². The molecule has 2 N–H and O–H groups in total. The molecule has 1 saturated heterocycles. The second kappa shape index (κ2) is 9.59. The van der Waals surface area contributed by atoms with Gasteiger partial charge in [-0.1, -0.05) is 54.6 Å². The second-order valence-electron chi connectivity index (χ2n) is 8.39. The van der Waals surface area contributed by atoms with Crippen molar-refractivity contribution in [3.63, 3.8) is 0 Å². The molecule has 0 unspecified atom stereocenters. The Morgan fingerprint density at radius 3 is 2.44 bits per heavy atom. The number of thiocarbonyl (C=S) groups is 1. The Bertz CT molecular complexity index is 1560. The summed E-state index contributed by atoms with van der Waals surface area (Å²) in [6.45, 7) is 1.94. The van der Waals surface area contributed by atoms with Gasteiger partial charge in [0.25, 0.3) is 11.8 Å². The lowest BCUT2D eigenvalue weighted by Crippen LogP contribution is -2.54. The highest BCUT2D eigenvalue weighted by atomic mass is 32.1. The van der Waals surface area contributed by atoms with E-state index in [1.807, 2.05) is 79.7 Å². The molecule has 4 aromatic rings. The minimum atomic E-state index is -0.562. The van der Waals surface area contributed by atoms with Crippen LogP contribution in [0.2, 0.25) is 0 Å². The highest BCUT2D eigenvalue weighted by molar-refractivity contribution is 7.80. The maximum atomic E-state index is 13.5. The van der Waals surface area contributed by atoms with Crippen molar-refractivity contribution in [1.29, 1.82) is 0 Å². The number of carbonyl (C=O) groups excluding carboxylic acids is 3. The molecule has 7 nitrogen and oxygen atoms in total. The predicted molar refractivity (Wildman–Crippen MR) is 144 cm³/mol. The molecular weight excluding hydrogens is 472 g/mol. The van der Waals surface area contributed by atoms with E-state index in [0.29, 0.717) is 16.9 Å². The van der Waals surface area contributed by atoms with Gasteiger partial charge in [-0.05, 0) is 55.0 Å². The zero-order chi connectivity index (χ0) is 25.2. The number of hydrogen-bond donors (Lipinski definition) is 2. The molecule has 2 heterocycles. The molecule has 1 aliphatic heterocycles. The first-order valence-corrected chi connectivity index (χ1v) is 11.7. The molecule has 0 aliphatic carbocycles. The van der Waals surface area contributed by atoms with Crippen LogP contribution in [0.3, 0.4) is 0 Å². The molecule has 0 radical (unpaired) electrons. The van der Waals surface area contributed by atoms with Crippen molar-refractivity contribution in [2.24, 2.45) is 0 Å². The number of aryl methyl sites for hydroxylation is 1. The summed E-state index contributed by atoms with van der Waals surface area (Å²) in [5.41, 5.74) is 3.58. The van der Waals surface area contributed by atoms with Gasteiger partial charge < -0.3 is 9.88 Å². The van der Waals surface area contributed by atoms with Gasteiger partial charge in [-0.15, -0.1) is 0 Å². The molecule has 0 atom stereocenters. The largest absolute Gasteiger partial charge is 0.337 e. The molecule has 178 valence electrons. The third-order valence-electron chi connectivity index (χ3n) is 5.95. The Balaban J connectivity index is 1.50. The van der Waals surface area contributed by atoms with Crippen LogP contribution in [-0.2, 0) is 20.9 Å². The van der Waals surface area contributed by atoms with E-state index in [2.05, 4.69) is 10.6 Å². The van der Waals surface area contributed by atoms with E-state index in [4.69, 9.17) is 12.2 Å². The molecule has 3 amide bonds. The maximum absolute atomic E-state index is 13.5. The number of fused-ring (bicyclic) bond motifs is 1. The summed E-state index contributed by atoms with van der Waals surface area (Å²) in [5.74, 6) is -1.26. The fraction of sp³-hybridized carbons (Fsp3) is 0.0714. The smallest absolute Gasteiger partial charge is 0.270 e. The molecule has 3 aromatic carbocycles. The zero-order valence-electron chi connectivity index (χ0n) is 19.4. The molecule has 1 fully saturated rings. The maximum Gasteiger partial charge on any atom is 0.270 e. The number of benzene rings is 3. The molecule has 0 spiro atoms. The Kier molecular flexibility index (Phi) is 6.18. The lowest BCUT2D eigenvalue weighted by atomic mass is 10.1. The third-order valence-corrected chi connectivity index (χ3v) is 6.23. The number of aromatic nitrogens is 1. The van der Waals surface area contributed by atoms with Crippen molar-refractivity contribution >= 4 is 63.4 Å². The van der Waals surface area contributed by atoms with Crippen molar-refractivity contribution in [3.05, 3.63) is 102 Å². The van der Waals surface area contributed by atoms with E-state index in [-0.39, 0.29) is 23.1 Å². The van der Waals surface area contributed by atoms with Crippen LogP contribution < -0.4 is 15.5 Å². The summed E-state index contributed by atoms with van der Waals surface area (Å²) in [4.78, 5) is 40.3. The lowest BCUT2D eigenvalue weighted by molar-refractivity contribution is -0.122. The highest BCUT2D eigenvalue weighted by Gasteiger charge is 2.35. The average Bonchev–Trinajstić information content (AvgIpc) is 3.20. The summed E-state index contributed by atoms with van der Waals surface area (Å²) in [7, 11) is 0. The fourth-order valence-electron chi connectivity index (χ4n) is 4.24. The minimum absolute atomic E-state index is 0.0384. The first-order chi connectivity index (χ1) is 17.4. The highest BCUT2D eigenvalue weighted by Crippen LogP contribution is 2.28. The number of nitrogens with one attached hydrogen (secondary N) is 2. The van der Waals surface area contributed by atoms with Gasteiger partial charge in [0.15, 0.2) is 5.11 Å². The average molecular weight is 495 g/mol. The van der Waals surface area contributed by atoms with Crippen LogP contribution in [-0.4, -0.2) is 27.4 Å². The number of carbonyl (C=O) groups is 3. The molecular formula is C28H22N4O3S. The molecule has 1 aromatic heterocycles. The Labute approximate surface area is 213 Å². The number of amides is 3. The first kappa shape index (κ1) is 23.2. The monoisotopic (exact) mass is 494 g/mol. The third kappa shape index (κ3) is 4.42. The number of hydrogen-bond acceptors (Lipinski definition) is 4. The number of nitrogens with zero attached hydrogens (tertiary/aromatic N) is 2. The van der Waals surface area contributed by atoms with E-state index >= 15 is 0 Å². The summed E-state index contributed by atoms with van der Waals surface area (Å²) in [5, 5.41) is 6.36. The first-order valence-electron chi connectivity index (χ1n) is 11.3. The number of para-hydroxylation sites is 3. The standard InChI is InChI=1S/C28H22N4O3S/c1-18-9-5-7-13-23(18)32-27(35)22(26(34)30-28(32)36)15-19-16-31(24-14-8-6-12-21(19)24)17-25(33)29-20-10-3-2-4-11-20/h2-16H,17H2,1H3,(H,29,33)(H,30,34,36). The van der Waals surface area contributed by atoms with Gasteiger partial charge in [-0.2, -0.15) is 0 Å². The van der Waals surface area contributed by atoms with Gasteiger partial charge >= 0.3 is 0 Å². The van der Waals surface area contributed by atoms with Gasteiger partial charge in [-0.25, -0.2) is 0 Å². The zero-order valence-corrected chi connectivity index (χ0v) is 20.2. The van der Waals surface area contributed by atoms with Gasteiger partial charge in [0.2, 0.25) is 5.91 Å². The Morgan fingerprint density at radius 1 is 0.972 bits per heavy atom. The second-order valence-corrected chi connectivity index (χ2v) is 8.77. The van der Waals surface area contributed by atoms with Crippen molar-refractivity contribution in [2.75, 3.05) is 10.2 Å². The van der Waals surface area contributed by atoms with Gasteiger partial charge in [-0.3, -0.25) is 24.6 Å². The van der Waals surface area contributed by atoms with Crippen LogP contribution in [0.1, 0.15) is 11.1 Å². The fourth-order valence-corrected chi connectivity index (χ4v) is 4.52. The lowest BCUT2D eigenvalue weighted by Gasteiger charge is -2.29.